The van der Waals surface area contributed by atoms with Crippen molar-refractivity contribution in [3.63, 3.8) is 0 Å². The minimum Gasteiger partial charge on any atom is -0.387 e. The lowest BCUT2D eigenvalue weighted by Gasteiger charge is -2.07. The van der Waals surface area contributed by atoms with E-state index in [1.54, 1.807) is 0 Å². The van der Waals surface area contributed by atoms with Gasteiger partial charge in [-0.2, -0.15) is 0 Å². The zero-order valence-electron chi connectivity index (χ0n) is 9.21. The van der Waals surface area contributed by atoms with Crippen molar-refractivity contribution in [2.45, 2.75) is 20.3 Å². The van der Waals surface area contributed by atoms with Crippen molar-refractivity contribution in [1.29, 1.82) is 0 Å². The number of nitrogens with one attached hydrogen (secondary N) is 1. The maximum atomic E-state index is 10.8. The molecule has 1 amide bonds. The van der Waals surface area contributed by atoms with Crippen LogP contribution in [0.5, 0.6) is 0 Å². The molecule has 1 aromatic rings. The summed E-state index contributed by atoms with van der Waals surface area (Å²) in [4.78, 5) is 10.8. The molecular formula is C12H17NO2. The first-order valence-corrected chi connectivity index (χ1v) is 5.07. The van der Waals surface area contributed by atoms with Crippen molar-refractivity contribution in [2.75, 3.05) is 13.2 Å². The molecule has 0 aliphatic carbocycles. The summed E-state index contributed by atoms with van der Waals surface area (Å²) in [7, 11) is 0. The van der Waals surface area contributed by atoms with Gasteiger partial charge in [-0.15, -0.1) is 0 Å². The Labute approximate surface area is 90.1 Å². The summed E-state index contributed by atoms with van der Waals surface area (Å²) in [6.07, 6.45) is 0.803. The second-order valence-electron chi connectivity index (χ2n) is 3.69. The number of amides is 1. The molecule has 0 aliphatic rings. The van der Waals surface area contributed by atoms with Crippen LogP contribution in [0.3, 0.4) is 0 Å². The highest BCUT2D eigenvalue weighted by Gasteiger charge is 2.00. The Morgan fingerprint density at radius 1 is 1.40 bits per heavy atom. The molecule has 15 heavy (non-hydrogen) atoms. The maximum Gasteiger partial charge on any atom is 0.245 e. The molecule has 0 saturated heterocycles. The Morgan fingerprint density at radius 3 is 2.73 bits per heavy atom. The summed E-state index contributed by atoms with van der Waals surface area (Å²) in [6.45, 7) is 4.26. The average molecular weight is 207 g/mol. The Morgan fingerprint density at radius 2 is 2.13 bits per heavy atom. The van der Waals surface area contributed by atoms with E-state index in [1.165, 1.54) is 16.7 Å². The van der Waals surface area contributed by atoms with Crippen molar-refractivity contribution in [2.24, 2.45) is 0 Å². The van der Waals surface area contributed by atoms with Gasteiger partial charge >= 0.3 is 0 Å². The van der Waals surface area contributed by atoms with Crippen LogP contribution >= 0.6 is 0 Å². The lowest BCUT2D eigenvalue weighted by atomic mass is 10.0. The quantitative estimate of drug-likeness (QED) is 0.772. The lowest BCUT2D eigenvalue weighted by Crippen LogP contribution is -2.28. The van der Waals surface area contributed by atoms with E-state index >= 15 is 0 Å². The fourth-order valence-electron chi connectivity index (χ4n) is 1.52. The van der Waals surface area contributed by atoms with Gasteiger partial charge in [0.05, 0.1) is 0 Å². The van der Waals surface area contributed by atoms with E-state index in [1.807, 2.05) is 0 Å². The second kappa shape index (κ2) is 5.51. The number of hydrogen-bond donors (Lipinski definition) is 2. The number of carbonyl (C=O) groups is 1. The van der Waals surface area contributed by atoms with Gasteiger partial charge in [0.25, 0.3) is 0 Å². The summed E-state index contributed by atoms with van der Waals surface area (Å²) < 4.78 is 0. The van der Waals surface area contributed by atoms with E-state index in [0.29, 0.717) is 6.54 Å². The number of aliphatic hydroxyl groups is 1. The zero-order valence-corrected chi connectivity index (χ0v) is 9.21. The van der Waals surface area contributed by atoms with Gasteiger partial charge < -0.3 is 10.4 Å². The van der Waals surface area contributed by atoms with Crippen molar-refractivity contribution < 1.29 is 9.90 Å². The molecule has 0 saturated carbocycles. The fourth-order valence-corrected chi connectivity index (χ4v) is 1.52. The van der Waals surface area contributed by atoms with Crippen molar-refractivity contribution >= 4 is 5.91 Å². The van der Waals surface area contributed by atoms with Gasteiger partial charge in [0.15, 0.2) is 0 Å². The van der Waals surface area contributed by atoms with E-state index in [9.17, 15) is 4.79 Å². The molecule has 0 aromatic heterocycles. The molecule has 0 bridgehead atoms. The molecule has 0 unspecified atom stereocenters. The minimum absolute atomic E-state index is 0.320. The van der Waals surface area contributed by atoms with Crippen LogP contribution in [-0.2, 0) is 11.2 Å². The summed E-state index contributed by atoms with van der Waals surface area (Å²) >= 11 is 0. The highest BCUT2D eigenvalue weighted by atomic mass is 16.3. The molecule has 0 radical (unpaired) electrons. The summed E-state index contributed by atoms with van der Waals surface area (Å²) in [6, 6.07) is 6.27. The van der Waals surface area contributed by atoms with Gasteiger partial charge in [0.1, 0.15) is 6.61 Å². The first-order valence-electron chi connectivity index (χ1n) is 5.07. The first kappa shape index (κ1) is 11.7. The van der Waals surface area contributed by atoms with E-state index in [4.69, 9.17) is 5.11 Å². The summed E-state index contributed by atoms with van der Waals surface area (Å²) in [5.74, 6) is -0.320. The van der Waals surface area contributed by atoms with Crippen LogP contribution in [0.4, 0.5) is 0 Å². The second-order valence-corrected chi connectivity index (χ2v) is 3.69. The Hall–Kier alpha value is -1.35. The topological polar surface area (TPSA) is 49.3 Å². The van der Waals surface area contributed by atoms with Crippen LogP contribution in [0.25, 0.3) is 0 Å². The zero-order chi connectivity index (χ0) is 11.3. The first-order chi connectivity index (χ1) is 7.13. The normalized spacial score (nSPS) is 10.1. The molecule has 1 aromatic carbocycles. The number of aryl methyl sites for hydroxylation is 2. The Kier molecular flexibility index (Phi) is 4.31. The molecular weight excluding hydrogens is 190 g/mol. The SMILES string of the molecule is Cc1ccc(CCNC(=O)CO)c(C)c1. The lowest BCUT2D eigenvalue weighted by molar-refractivity contribution is -0.123. The molecule has 0 fully saturated rings. The van der Waals surface area contributed by atoms with Crippen LogP contribution in [-0.4, -0.2) is 24.2 Å². The third kappa shape index (κ3) is 3.72. The number of benzene rings is 1. The van der Waals surface area contributed by atoms with E-state index in [2.05, 4.69) is 37.4 Å². The smallest absolute Gasteiger partial charge is 0.245 e. The Bertz CT molecular complexity index is 347. The van der Waals surface area contributed by atoms with Gasteiger partial charge in [-0.05, 0) is 31.4 Å². The fraction of sp³-hybridized carbons (Fsp3) is 0.417. The largest absolute Gasteiger partial charge is 0.387 e. The van der Waals surface area contributed by atoms with Gasteiger partial charge in [0, 0.05) is 6.54 Å². The van der Waals surface area contributed by atoms with Crippen molar-refractivity contribution in [1.82, 2.24) is 5.32 Å². The number of carbonyl (C=O) groups excluding carboxylic acids is 1. The highest BCUT2D eigenvalue weighted by molar-refractivity contribution is 5.76. The summed E-state index contributed by atoms with van der Waals surface area (Å²) in [5.41, 5.74) is 3.72. The standard InChI is InChI=1S/C12H17NO2/c1-9-3-4-11(10(2)7-9)5-6-13-12(15)8-14/h3-4,7,14H,5-6,8H2,1-2H3,(H,13,15). The Balaban J connectivity index is 2.47. The summed E-state index contributed by atoms with van der Waals surface area (Å²) in [5, 5.41) is 11.1. The van der Waals surface area contributed by atoms with Gasteiger partial charge in [-0.1, -0.05) is 23.8 Å². The van der Waals surface area contributed by atoms with Crippen molar-refractivity contribution in [3.05, 3.63) is 34.9 Å². The monoisotopic (exact) mass is 207 g/mol. The maximum absolute atomic E-state index is 10.8. The molecule has 3 nitrogen and oxygen atoms in total. The van der Waals surface area contributed by atoms with Crippen molar-refractivity contribution in [3.8, 4) is 0 Å². The molecule has 0 atom stereocenters. The highest BCUT2D eigenvalue weighted by Crippen LogP contribution is 2.10. The van der Waals surface area contributed by atoms with Crippen LogP contribution < -0.4 is 5.32 Å². The predicted octanol–water partition coefficient (Wildman–Crippen LogP) is 0.954. The van der Waals surface area contributed by atoms with Crippen LogP contribution in [0.15, 0.2) is 18.2 Å². The molecule has 0 aliphatic heterocycles. The molecule has 1 rings (SSSR count). The molecule has 2 N–H and O–H groups in total. The van der Waals surface area contributed by atoms with E-state index < -0.39 is 6.61 Å². The molecule has 3 heteroatoms. The molecule has 0 heterocycles. The van der Waals surface area contributed by atoms with Crippen LogP contribution in [0.2, 0.25) is 0 Å². The van der Waals surface area contributed by atoms with Crippen LogP contribution in [0, 0.1) is 13.8 Å². The predicted molar refractivity (Wildman–Crippen MR) is 59.7 cm³/mol. The third-order valence-corrected chi connectivity index (χ3v) is 2.36. The van der Waals surface area contributed by atoms with Gasteiger partial charge in [-0.3, -0.25) is 4.79 Å². The number of aliphatic hydroxyl groups excluding tert-OH is 1. The van der Waals surface area contributed by atoms with Gasteiger partial charge in [-0.25, -0.2) is 0 Å². The van der Waals surface area contributed by atoms with Gasteiger partial charge in [0.2, 0.25) is 5.91 Å². The molecule has 0 spiro atoms. The molecule has 82 valence electrons. The van der Waals surface area contributed by atoms with Crippen LogP contribution in [0.1, 0.15) is 16.7 Å². The minimum atomic E-state index is -0.438. The third-order valence-electron chi connectivity index (χ3n) is 2.36. The average Bonchev–Trinajstić information content (AvgIpc) is 2.21. The number of rotatable bonds is 4. The van der Waals surface area contributed by atoms with E-state index in [-0.39, 0.29) is 5.91 Å². The van der Waals surface area contributed by atoms with E-state index in [0.717, 1.165) is 6.42 Å². The number of hydrogen-bond acceptors (Lipinski definition) is 2.